The van der Waals surface area contributed by atoms with Crippen molar-refractivity contribution < 1.29 is 85.3 Å². The minimum absolute atomic E-state index is 0.0110. The molecule has 0 unspecified atom stereocenters. The third-order valence-electron chi connectivity index (χ3n) is 9.83. The molecule has 0 amide bonds. The first-order valence-corrected chi connectivity index (χ1v) is 17.8. The Morgan fingerprint density at radius 2 is 1.07 bits per heavy atom. The SMILES string of the molecule is OC[C@H]1O[C@@H](Oc2cc(O)cc([C@H](O)[C@H](c3ccc(O)cc3)c3c(/C=C/c4ccc(O)cc4)cc(O)cc3O[C@@H]3O[C@H](CO)[C@@H](O)[C@H](O)[C@H]3O)c2)[C@H](O)[C@@H](O)[C@@H]1O. The standard InChI is InChI=1S/C40H44O17/c41-16-28-33(48)35(50)37(52)39(56-28)54-26-13-21(12-24(45)14-26)32(47)31(19-5-9-23(44)10-6-19)30-20(4-1-18-2-7-22(43)8-3-18)11-25(46)15-27(30)55-40-38(53)36(51)34(49)29(17-42)57-40/h1-15,28-29,31-53H,16-17H2/b4-1+/t28-,29-,31-,32+,33-,34-,35+,36+,37-,38-,39-,40-/m1/s1. The summed E-state index contributed by atoms with van der Waals surface area (Å²) in [6.07, 6.45) is -15.2. The van der Waals surface area contributed by atoms with Crippen LogP contribution in [0.2, 0.25) is 0 Å². The lowest BCUT2D eigenvalue weighted by Gasteiger charge is -2.40. The number of phenols is 4. The Labute approximate surface area is 325 Å². The van der Waals surface area contributed by atoms with Crippen molar-refractivity contribution in [1.82, 2.24) is 0 Å². The first kappa shape index (κ1) is 41.6. The van der Waals surface area contributed by atoms with E-state index < -0.39 is 92.4 Å². The molecule has 17 nitrogen and oxygen atoms in total. The molecule has 306 valence electrons. The van der Waals surface area contributed by atoms with Crippen molar-refractivity contribution in [3.63, 3.8) is 0 Å². The zero-order valence-corrected chi connectivity index (χ0v) is 29.9. The summed E-state index contributed by atoms with van der Waals surface area (Å²) in [5.41, 5.74) is 1.22. The zero-order valence-electron chi connectivity index (χ0n) is 29.9. The molecule has 2 aliphatic heterocycles. The highest BCUT2D eigenvalue weighted by molar-refractivity contribution is 5.75. The van der Waals surface area contributed by atoms with Crippen LogP contribution in [0.4, 0.5) is 0 Å². The summed E-state index contributed by atoms with van der Waals surface area (Å²) in [6, 6.07) is 17.8. The molecule has 12 atom stereocenters. The zero-order chi connectivity index (χ0) is 41.1. The third kappa shape index (κ3) is 9.09. The van der Waals surface area contributed by atoms with E-state index >= 15 is 0 Å². The van der Waals surface area contributed by atoms with Gasteiger partial charge in [-0.15, -0.1) is 0 Å². The van der Waals surface area contributed by atoms with Gasteiger partial charge in [0.15, 0.2) is 0 Å². The number of hydrogen-bond acceptors (Lipinski definition) is 17. The maximum Gasteiger partial charge on any atom is 0.229 e. The Balaban J connectivity index is 1.49. The second kappa shape index (κ2) is 17.6. The molecule has 2 aliphatic rings. The lowest BCUT2D eigenvalue weighted by atomic mass is 9.80. The van der Waals surface area contributed by atoms with Gasteiger partial charge in [0.05, 0.1) is 19.3 Å². The number of aromatic hydroxyl groups is 4. The molecule has 4 aromatic rings. The summed E-state index contributed by atoms with van der Waals surface area (Å²) in [4.78, 5) is 0. The van der Waals surface area contributed by atoms with Gasteiger partial charge in [-0.2, -0.15) is 0 Å². The van der Waals surface area contributed by atoms with E-state index in [2.05, 4.69) is 0 Å². The molecule has 6 rings (SSSR count). The van der Waals surface area contributed by atoms with Crippen molar-refractivity contribution in [3.8, 4) is 34.5 Å². The second-order valence-electron chi connectivity index (χ2n) is 13.8. The molecule has 0 bridgehead atoms. The van der Waals surface area contributed by atoms with Crippen LogP contribution >= 0.6 is 0 Å². The summed E-state index contributed by atoms with van der Waals surface area (Å²) < 4.78 is 22.9. The van der Waals surface area contributed by atoms with Crippen LogP contribution in [0, 0.1) is 0 Å². The molecule has 13 N–H and O–H groups in total. The number of rotatable bonds is 12. The average Bonchev–Trinajstić information content (AvgIpc) is 3.19. The molecule has 57 heavy (non-hydrogen) atoms. The molecule has 17 heteroatoms. The summed E-state index contributed by atoms with van der Waals surface area (Å²) >= 11 is 0. The van der Waals surface area contributed by atoms with Gasteiger partial charge >= 0.3 is 0 Å². The van der Waals surface area contributed by atoms with Gasteiger partial charge in [0.25, 0.3) is 0 Å². The first-order chi connectivity index (χ1) is 27.2. The second-order valence-corrected chi connectivity index (χ2v) is 13.8. The van der Waals surface area contributed by atoms with Gasteiger partial charge in [0.2, 0.25) is 12.6 Å². The lowest BCUT2D eigenvalue weighted by Crippen LogP contribution is -2.60. The predicted molar refractivity (Wildman–Crippen MR) is 197 cm³/mol. The number of benzene rings is 4. The van der Waals surface area contributed by atoms with E-state index in [1.54, 1.807) is 24.3 Å². The summed E-state index contributed by atoms with van der Waals surface area (Å²) in [6.45, 7) is -1.50. The number of phenolic OH excluding ortho intramolecular Hbond substituents is 4. The van der Waals surface area contributed by atoms with Gasteiger partial charge < -0.3 is 85.3 Å². The number of aliphatic hydroxyl groups excluding tert-OH is 9. The van der Waals surface area contributed by atoms with Crippen LogP contribution in [0.3, 0.4) is 0 Å². The third-order valence-corrected chi connectivity index (χ3v) is 9.83. The van der Waals surface area contributed by atoms with Crippen LogP contribution < -0.4 is 9.47 Å². The molecule has 0 saturated carbocycles. The average molecular weight is 797 g/mol. The molecule has 2 heterocycles. The van der Waals surface area contributed by atoms with E-state index in [9.17, 15) is 66.4 Å². The van der Waals surface area contributed by atoms with Gasteiger partial charge in [-0.05, 0) is 64.7 Å². The van der Waals surface area contributed by atoms with E-state index in [-0.39, 0.29) is 45.4 Å². The van der Waals surface area contributed by atoms with Crippen molar-refractivity contribution in [2.24, 2.45) is 0 Å². The minimum Gasteiger partial charge on any atom is -0.508 e. The van der Waals surface area contributed by atoms with Crippen LogP contribution in [0.1, 0.15) is 39.8 Å². The fraction of sp³-hybridized carbons (Fsp3) is 0.350. The Morgan fingerprint density at radius 3 is 1.63 bits per heavy atom. The van der Waals surface area contributed by atoms with Gasteiger partial charge in [0.1, 0.15) is 83.3 Å². The molecule has 2 fully saturated rings. The number of aliphatic hydroxyl groups is 9. The van der Waals surface area contributed by atoms with E-state index in [4.69, 9.17) is 18.9 Å². The molecule has 2 saturated heterocycles. The van der Waals surface area contributed by atoms with E-state index in [1.165, 1.54) is 54.6 Å². The quantitative estimate of drug-likeness (QED) is 0.0833. The molecular formula is C40H44O17. The van der Waals surface area contributed by atoms with Crippen molar-refractivity contribution >= 4 is 12.2 Å². The predicted octanol–water partition coefficient (Wildman–Crippen LogP) is -0.0977. The van der Waals surface area contributed by atoms with Crippen molar-refractivity contribution in [3.05, 3.63) is 107 Å². The highest BCUT2D eigenvalue weighted by atomic mass is 16.7. The maximum absolute atomic E-state index is 12.4. The van der Waals surface area contributed by atoms with Gasteiger partial charge in [-0.25, -0.2) is 0 Å². The Morgan fingerprint density at radius 1 is 0.544 bits per heavy atom. The van der Waals surface area contributed by atoms with E-state index in [1.807, 2.05) is 0 Å². The van der Waals surface area contributed by atoms with Crippen LogP contribution in [-0.4, -0.2) is 141 Å². The van der Waals surface area contributed by atoms with Crippen molar-refractivity contribution in [2.75, 3.05) is 13.2 Å². The monoisotopic (exact) mass is 796 g/mol. The van der Waals surface area contributed by atoms with Crippen molar-refractivity contribution in [1.29, 1.82) is 0 Å². The lowest BCUT2D eigenvalue weighted by molar-refractivity contribution is -0.277. The fourth-order valence-corrected chi connectivity index (χ4v) is 6.79. The van der Waals surface area contributed by atoms with Crippen molar-refractivity contribution in [2.45, 2.75) is 73.4 Å². The topological polar surface area (TPSA) is 300 Å². The van der Waals surface area contributed by atoms with Gasteiger partial charge in [-0.3, -0.25) is 0 Å². The molecule has 0 spiro atoms. The largest absolute Gasteiger partial charge is 0.508 e. The number of hydrogen-bond donors (Lipinski definition) is 13. The normalized spacial score (nSPS) is 28.9. The first-order valence-electron chi connectivity index (χ1n) is 17.8. The van der Waals surface area contributed by atoms with Crippen LogP contribution in [0.25, 0.3) is 12.2 Å². The van der Waals surface area contributed by atoms with Gasteiger partial charge in [0, 0.05) is 23.6 Å². The van der Waals surface area contributed by atoms with Crippen LogP contribution in [0.15, 0.2) is 78.9 Å². The number of ether oxygens (including phenoxy) is 4. The summed E-state index contributed by atoms with van der Waals surface area (Å²) in [5, 5.41) is 137. The van der Waals surface area contributed by atoms with E-state index in [0.717, 1.165) is 12.1 Å². The molecule has 4 aromatic carbocycles. The molecule has 0 radical (unpaired) electrons. The van der Waals surface area contributed by atoms with E-state index in [0.29, 0.717) is 11.1 Å². The smallest absolute Gasteiger partial charge is 0.229 e. The molecule has 0 aromatic heterocycles. The highest BCUT2D eigenvalue weighted by Crippen LogP contribution is 2.47. The maximum atomic E-state index is 12.4. The van der Waals surface area contributed by atoms with Gasteiger partial charge in [-0.1, -0.05) is 36.4 Å². The summed E-state index contributed by atoms with van der Waals surface area (Å²) in [5.74, 6) is -2.59. The molecular weight excluding hydrogens is 752 g/mol. The summed E-state index contributed by atoms with van der Waals surface area (Å²) in [7, 11) is 0. The highest BCUT2D eigenvalue weighted by Gasteiger charge is 2.46. The Kier molecular flexibility index (Phi) is 12.9. The molecule has 0 aliphatic carbocycles. The van der Waals surface area contributed by atoms with Crippen LogP contribution in [-0.2, 0) is 9.47 Å². The Hall–Kier alpha value is -5.02. The van der Waals surface area contributed by atoms with Crippen LogP contribution in [0.5, 0.6) is 34.5 Å². The Bertz CT molecular complexity index is 1990. The fourth-order valence-electron chi connectivity index (χ4n) is 6.79. The minimum atomic E-state index is -1.88.